The standard InChI is InChI=1S/C23H18N4O2/c28-22(18-10-12-24-13-11-18)26-19-6-3-4-16(14-19)15-25-23(29)21-9-8-17-5-1-2-7-20(17)27-21/h1-14H,15H2,(H,25,29)(H,26,28). The van der Waals surface area contributed by atoms with Gasteiger partial charge < -0.3 is 10.6 Å². The van der Waals surface area contributed by atoms with Crippen molar-refractivity contribution >= 4 is 28.4 Å². The van der Waals surface area contributed by atoms with Crippen LogP contribution < -0.4 is 10.6 Å². The van der Waals surface area contributed by atoms with E-state index in [9.17, 15) is 9.59 Å². The van der Waals surface area contributed by atoms with Gasteiger partial charge in [0.1, 0.15) is 5.69 Å². The van der Waals surface area contributed by atoms with Gasteiger partial charge in [-0.2, -0.15) is 0 Å². The Kier molecular flexibility index (Phi) is 5.25. The minimum absolute atomic E-state index is 0.214. The second-order valence-corrected chi connectivity index (χ2v) is 6.46. The monoisotopic (exact) mass is 382 g/mol. The maximum atomic E-state index is 12.5. The summed E-state index contributed by atoms with van der Waals surface area (Å²) < 4.78 is 0. The van der Waals surface area contributed by atoms with E-state index < -0.39 is 0 Å². The van der Waals surface area contributed by atoms with E-state index in [0.717, 1.165) is 16.5 Å². The Morgan fingerprint density at radius 2 is 1.66 bits per heavy atom. The molecule has 0 atom stereocenters. The molecule has 0 saturated heterocycles. The first-order valence-electron chi connectivity index (χ1n) is 9.13. The number of anilines is 1. The zero-order chi connectivity index (χ0) is 20.1. The van der Waals surface area contributed by atoms with E-state index in [1.807, 2.05) is 48.5 Å². The number of carbonyl (C=O) groups is 2. The van der Waals surface area contributed by atoms with Gasteiger partial charge in [-0.25, -0.2) is 4.98 Å². The van der Waals surface area contributed by atoms with Crippen LogP contribution in [0.3, 0.4) is 0 Å². The SMILES string of the molecule is O=C(Nc1cccc(CNC(=O)c2ccc3ccccc3n2)c1)c1ccncc1. The summed E-state index contributed by atoms with van der Waals surface area (Å²) in [4.78, 5) is 33.0. The van der Waals surface area contributed by atoms with E-state index in [0.29, 0.717) is 23.5 Å². The predicted octanol–water partition coefficient (Wildman–Crippen LogP) is 3.81. The Balaban J connectivity index is 1.41. The minimum Gasteiger partial charge on any atom is -0.347 e. The number of pyridine rings is 2. The number of benzene rings is 2. The molecule has 2 amide bonds. The summed E-state index contributed by atoms with van der Waals surface area (Å²) in [5.41, 5.74) is 3.20. The molecule has 4 aromatic rings. The van der Waals surface area contributed by atoms with Gasteiger partial charge in [0.25, 0.3) is 11.8 Å². The normalized spacial score (nSPS) is 10.5. The fraction of sp³-hybridized carbons (Fsp3) is 0.0435. The number of nitrogens with one attached hydrogen (secondary N) is 2. The van der Waals surface area contributed by atoms with Crippen molar-refractivity contribution in [2.45, 2.75) is 6.54 Å². The Bertz CT molecular complexity index is 1180. The van der Waals surface area contributed by atoms with E-state index in [2.05, 4.69) is 20.6 Å². The predicted molar refractivity (Wildman–Crippen MR) is 112 cm³/mol. The number of nitrogens with zero attached hydrogens (tertiary/aromatic N) is 2. The lowest BCUT2D eigenvalue weighted by Crippen LogP contribution is -2.23. The molecule has 0 aliphatic rings. The van der Waals surface area contributed by atoms with Crippen molar-refractivity contribution < 1.29 is 9.59 Å². The van der Waals surface area contributed by atoms with Crippen molar-refractivity contribution in [1.29, 1.82) is 0 Å². The van der Waals surface area contributed by atoms with Gasteiger partial charge >= 0.3 is 0 Å². The van der Waals surface area contributed by atoms with Crippen LogP contribution in [0.1, 0.15) is 26.4 Å². The van der Waals surface area contributed by atoms with Crippen LogP contribution in [0.2, 0.25) is 0 Å². The van der Waals surface area contributed by atoms with Crippen LogP contribution in [-0.4, -0.2) is 21.8 Å². The molecule has 142 valence electrons. The van der Waals surface area contributed by atoms with Crippen molar-refractivity contribution in [3.05, 3.63) is 102 Å². The largest absolute Gasteiger partial charge is 0.347 e. The summed E-state index contributed by atoms with van der Waals surface area (Å²) in [6, 6.07) is 21.9. The Labute approximate surface area is 167 Å². The van der Waals surface area contributed by atoms with Gasteiger partial charge in [0, 0.05) is 35.6 Å². The van der Waals surface area contributed by atoms with E-state index in [4.69, 9.17) is 0 Å². The number of rotatable bonds is 5. The van der Waals surface area contributed by atoms with Crippen molar-refractivity contribution in [1.82, 2.24) is 15.3 Å². The summed E-state index contributed by atoms with van der Waals surface area (Å²) in [5, 5.41) is 6.70. The molecule has 6 nitrogen and oxygen atoms in total. The number of amides is 2. The molecule has 0 saturated carbocycles. The van der Waals surface area contributed by atoms with Crippen LogP contribution in [0, 0.1) is 0 Å². The van der Waals surface area contributed by atoms with Gasteiger partial charge in [0.05, 0.1) is 5.52 Å². The Hall–Kier alpha value is -4.06. The summed E-state index contributed by atoms with van der Waals surface area (Å²) in [7, 11) is 0. The Morgan fingerprint density at radius 1 is 0.828 bits per heavy atom. The summed E-state index contributed by atoms with van der Waals surface area (Å²) in [6.45, 7) is 0.326. The van der Waals surface area contributed by atoms with Gasteiger partial charge in [0.2, 0.25) is 0 Å². The van der Waals surface area contributed by atoms with Crippen LogP contribution in [0.25, 0.3) is 10.9 Å². The fourth-order valence-electron chi connectivity index (χ4n) is 2.93. The van der Waals surface area contributed by atoms with Crippen LogP contribution in [0.15, 0.2) is 85.2 Å². The molecule has 0 unspecified atom stereocenters. The molecule has 0 aliphatic heterocycles. The van der Waals surface area contributed by atoms with Crippen molar-refractivity contribution in [3.8, 4) is 0 Å². The van der Waals surface area contributed by atoms with Crippen LogP contribution >= 0.6 is 0 Å². The van der Waals surface area contributed by atoms with Gasteiger partial charge in [-0.15, -0.1) is 0 Å². The molecule has 2 aromatic heterocycles. The number of carbonyl (C=O) groups excluding carboxylic acids is 2. The molecule has 4 rings (SSSR count). The first-order valence-corrected chi connectivity index (χ1v) is 9.13. The lowest BCUT2D eigenvalue weighted by atomic mass is 10.1. The minimum atomic E-state index is -0.248. The van der Waals surface area contributed by atoms with Crippen molar-refractivity contribution in [3.63, 3.8) is 0 Å². The molecule has 2 N–H and O–H groups in total. The summed E-state index contributed by atoms with van der Waals surface area (Å²) >= 11 is 0. The third kappa shape index (κ3) is 4.44. The third-order valence-electron chi connectivity index (χ3n) is 4.41. The lowest BCUT2D eigenvalue weighted by Gasteiger charge is -2.09. The highest BCUT2D eigenvalue weighted by Gasteiger charge is 2.09. The Morgan fingerprint density at radius 3 is 2.52 bits per heavy atom. The zero-order valence-corrected chi connectivity index (χ0v) is 15.5. The number of hydrogen-bond acceptors (Lipinski definition) is 4. The van der Waals surface area contributed by atoms with Crippen LogP contribution in [0.4, 0.5) is 5.69 Å². The van der Waals surface area contributed by atoms with Gasteiger partial charge in [-0.1, -0.05) is 36.4 Å². The number of para-hydroxylation sites is 1. The first kappa shape index (κ1) is 18.3. The van der Waals surface area contributed by atoms with Gasteiger partial charge in [-0.05, 0) is 42.0 Å². The topological polar surface area (TPSA) is 84.0 Å². The van der Waals surface area contributed by atoms with E-state index in [1.165, 1.54) is 0 Å². The van der Waals surface area contributed by atoms with E-state index in [1.54, 1.807) is 36.7 Å². The molecule has 0 aliphatic carbocycles. The van der Waals surface area contributed by atoms with Crippen LogP contribution in [0.5, 0.6) is 0 Å². The second kappa shape index (κ2) is 8.31. The van der Waals surface area contributed by atoms with E-state index >= 15 is 0 Å². The summed E-state index contributed by atoms with van der Waals surface area (Å²) in [6.07, 6.45) is 3.14. The molecule has 0 spiro atoms. The zero-order valence-electron chi connectivity index (χ0n) is 15.5. The van der Waals surface area contributed by atoms with Crippen LogP contribution in [-0.2, 0) is 6.54 Å². The van der Waals surface area contributed by atoms with E-state index in [-0.39, 0.29) is 11.8 Å². The summed E-state index contributed by atoms with van der Waals surface area (Å²) in [5.74, 6) is -0.462. The number of fused-ring (bicyclic) bond motifs is 1. The highest BCUT2D eigenvalue weighted by atomic mass is 16.2. The second-order valence-electron chi connectivity index (χ2n) is 6.46. The molecule has 0 bridgehead atoms. The third-order valence-corrected chi connectivity index (χ3v) is 4.41. The molecule has 6 heteroatoms. The molecule has 0 fully saturated rings. The van der Waals surface area contributed by atoms with Gasteiger partial charge in [-0.3, -0.25) is 14.6 Å². The first-order chi connectivity index (χ1) is 14.2. The maximum Gasteiger partial charge on any atom is 0.270 e. The molecular formula is C23H18N4O2. The number of aromatic nitrogens is 2. The lowest BCUT2D eigenvalue weighted by molar-refractivity contribution is 0.0945. The van der Waals surface area contributed by atoms with Gasteiger partial charge in [0.15, 0.2) is 0 Å². The fourth-order valence-corrected chi connectivity index (χ4v) is 2.93. The average molecular weight is 382 g/mol. The molecule has 2 heterocycles. The quantitative estimate of drug-likeness (QED) is 0.550. The van der Waals surface area contributed by atoms with Crippen molar-refractivity contribution in [2.75, 3.05) is 5.32 Å². The molecule has 29 heavy (non-hydrogen) atoms. The maximum absolute atomic E-state index is 12.5. The number of hydrogen-bond donors (Lipinski definition) is 2. The average Bonchev–Trinajstić information content (AvgIpc) is 2.78. The smallest absolute Gasteiger partial charge is 0.270 e. The molecular weight excluding hydrogens is 364 g/mol. The van der Waals surface area contributed by atoms with Crippen molar-refractivity contribution in [2.24, 2.45) is 0 Å². The highest BCUT2D eigenvalue weighted by molar-refractivity contribution is 6.04. The molecule has 0 radical (unpaired) electrons. The highest BCUT2D eigenvalue weighted by Crippen LogP contribution is 2.14. The molecule has 2 aromatic carbocycles.